The van der Waals surface area contributed by atoms with Crippen molar-refractivity contribution in [2.45, 2.75) is 80.9 Å². The summed E-state index contributed by atoms with van der Waals surface area (Å²) in [5.41, 5.74) is 2.12. The van der Waals surface area contributed by atoms with E-state index in [1.54, 1.807) is 13.1 Å². The molecule has 242 valence electrons. The minimum absolute atomic E-state index is 0.134. The summed E-state index contributed by atoms with van der Waals surface area (Å²) in [4.78, 5) is 27.7. The van der Waals surface area contributed by atoms with Gasteiger partial charge in [0.1, 0.15) is 11.7 Å². The molecule has 3 aromatic rings. The molecule has 2 aliphatic carbocycles. The van der Waals surface area contributed by atoms with Gasteiger partial charge < -0.3 is 14.2 Å². The van der Waals surface area contributed by atoms with Gasteiger partial charge in [0, 0.05) is 33.0 Å². The SMILES string of the molecule is CC(=O)Oc1ccc2c3c1O[C@@H]1[C@H](N(C)S(=O)(=O)Cc4ccccc4)CC[C@@]4(OC(C)=O)[C@@H](C2)N(CCc2ccccc2)CC[C@]314. The number of likely N-dealkylation sites (N-methyl/N-ethyl adjacent to an activating group) is 1. The van der Waals surface area contributed by atoms with Crippen LogP contribution in [0, 0.1) is 0 Å². The molecular formula is C36H40N2O7S. The first-order valence-corrected chi connectivity index (χ1v) is 17.7. The average Bonchev–Trinajstić information content (AvgIpc) is 3.37. The fourth-order valence-corrected chi connectivity index (χ4v) is 10.4. The number of nitrogens with zero attached hydrogens (tertiary/aromatic N) is 2. The quantitative estimate of drug-likeness (QED) is 0.250. The zero-order valence-electron chi connectivity index (χ0n) is 26.5. The van der Waals surface area contributed by atoms with Crippen molar-refractivity contribution in [1.29, 1.82) is 0 Å². The fraction of sp³-hybridized carbons (Fsp3) is 0.444. The van der Waals surface area contributed by atoms with E-state index in [2.05, 4.69) is 17.0 Å². The summed E-state index contributed by atoms with van der Waals surface area (Å²) in [7, 11) is -2.12. The lowest BCUT2D eigenvalue weighted by molar-refractivity contribution is -0.221. The zero-order valence-corrected chi connectivity index (χ0v) is 27.3. The van der Waals surface area contributed by atoms with Gasteiger partial charge >= 0.3 is 11.9 Å². The van der Waals surface area contributed by atoms with Crippen molar-refractivity contribution in [2.24, 2.45) is 0 Å². The molecule has 1 saturated carbocycles. The van der Waals surface area contributed by atoms with E-state index < -0.39 is 39.2 Å². The minimum atomic E-state index is -3.75. The molecule has 2 aliphatic heterocycles. The Labute approximate surface area is 270 Å². The summed E-state index contributed by atoms with van der Waals surface area (Å²) in [6, 6.07) is 22.6. The maximum atomic E-state index is 13.9. The predicted octanol–water partition coefficient (Wildman–Crippen LogP) is 4.41. The van der Waals surface area contributed by atoms with E-state index in [1.807, 2.05) is 54.6 Å². The predicted molar refractivity (Wildman–Crippen MR) is 172 cm³/mol. The molecule has 5 atom stereocenters. The number of likely N-dealkylation sites (tertiary alicyclic amines) is 1. The molecular weight excluding hydrogens is 604 g/mol. The number of ether oxygens (including phenoxy) is 3. The molecule has 4 aliphatic rings. The standard InChI is InChI=1S/C36H40N2O7S/c1-24(39)43-30-15-14-28-22-31-36(45-25(2)40)18-16-29(37(3)46(41,42)23-27-12-8-5-9-13-27)34-35(36,32(28)33(30)44-34)19-21-38(31)20-17-26-10-6-4-7-11-26/h4-15,29,31,34H,16-23H2,1-3H3/t29-,31-,34-,35+,36-/m1/s1. The second-order valence-electron chi connectivity index (χ2n) is 13.1. The Balaban J connectivity index is 1.34. The van der Waals surface area contributed by atoms with Gasteiger partial charge in [0.2, 0.25) is 10.0 Å². The number of sulfonamides is 1. The zero-order chi connectivity index (χ0) is 32.3. The van der Waals surface area contributed by atoms with Crippen LogP contribution in [0.5, 0.6) is 11.5 Å². The third-order valence-electron chi connectivity index (χ3n) is 10.7. The molecule has 1 spiro atoms. The summed E-state index contributed by atoms with van der Waals surface area (Å²) in [6.45, 7) is 4.32. The molecule has 7 rings (SSSR count). The molecule has 0 unspecified atom stereocenters. The number of carbonyl (C=O) groups is 2. The molecule has 1 saturated heterocycles. The second kappa shape index (κ2) is 11.5. The van der Waals surface area contributed by atoms with Gasteiger partial charge in [-0.2, -0.15) is 4.31 Å². The number of piperidine rings is 1. The van der Waals surface area contributed by atoms with Crippen molar-refractivity contribution in [1.82, 2.24) is 9.21 Å². The maximum Gasteiger partial charge on any atom is 0.308 e. The number of esters is 2. The van der Waals surface area contributed by atoms with E-state index in [0.717, 1.165) is 30.6 Å². The van der Waals surface area contributed by atoms with Crippen LogP contribution in [0.15, 0.2) is 72.8 Å². The normalized spacial score (nSPS) is 27.9. The number of hydrogen-bond donors (Lipinski definition) is 0. The van der Waals surface area contributed by atoms with Gasteiger partial charge in [-0.05, 0) is 61.4 Å². The summed E-state index contributed by atoms with van der Waals surface area (Å²) < 4.78 is 48.5. The smallest absolute Gasteiger partial charge is 0.308 e. The van der Waals surface area contributed by atoms with E-state index in [1.165, 1.54) is 23.7 Å². The first kappa shape index (κ1) is 30.9. The molecule has 3 aromatic carbocycles. The van der Waals surface area contributed by atoms with Gasteiger partial charge in [0.15, 0.2) is 11.5 Å². The minimum Gasteiger partial charge on any atom is -0.483 e. The maximum absolute atomic E-state index is 13.9. The Kier molecular flexibility index (Phi) is 7.73. The van der Waals surface area contributed by atoms with E-state index in [4.69, 9.17) is 14.2 Å². The van der Waals surface area contributed by atoms with Crippen LogP contribution < -0.4 is 9.47 Å². The van der Waals surface area contributed by atoms with Crippen LogP contribution in [0.1, 0.15) is 55.4 Å². The number of benzene rings is 3. The molecule has 10 heteroatoms. The number of hydrogen-bond acceptors (Lipinski definition) is 8. The number of rotatable bonds is 9. The van der Waals surface area contributed by atoms with Crippen molar-refractivity contribution in [3.63, 3.8) is 0 Å². The molecule has 2 heterocycles. The molecule has 0 amide bonds. The summed E-state index contributed by atoms with van der Waals surface area (Å²) >= 11 is 0. The lowest BCUT2D eigenvalue weighted by atomic mass is 9.48. The molecule has 0 aromatic heterocycles. The third kappa shape index (κ3) is 4.84. The first-order chi connectivity index (χ1) is 22.1. The molecule has 2 bridgehead atoms. The molecule has 46 heavy (non-hydrogen) atoms. The third-order valence-corrected chi connectivity index (χ3v) is 12.5. The Morgan fingerprint density at radius 2 is 1.65 bits per heavy atom. The molecule has 0 radical (unpaired) electrons. The Morgan fingerprint density at radius 1 is 0.957 bits per heavy atom. The highest BCUT2D eigenvalue weighted by Crippen LogP contribution is 2.67. The lowest BCUT2D eigenvalue weighted by Gasteiger charge is -2.65. The summed E-state index contributed by atoms with van der Waals surface area (Å²) in [6.07, 6.45) is 2.36. The highest BCUT2D eigenvalue weighted by Gasteiger charge is 2.75. The lowest BCUT2D eigenvalue weighted by Crippen LogP contribution is -2.79. The van der Waals surface area contributed by atoms with Crippen LogP contribution in [-0.2, 0) is 48.4 Å². The molecule has 0 N–H and O–H groups in total. The highest BCUT2D eigenvalue weighted by molar-refractivity contribution is 7.88. The molecule has 9 nitrogen and oxygen atoms in total. The fourth-order valence-electron chi connectivity index (χ4n) is 8.91. The first-order valence-electron chi connectivity index (χ1n) is 16.0. The monoisotopic (exact) mass is 644 g/mol. The van der Waals surface area contributed by atoms with E-state index >= 15 is 0 Å². The highest BCUT2D eigenvalue weighted by atomic mass is 32.2. The van der Waals surface area contributed by atoms with Crippen LogP contribution in [-0.4, -0.2) is 73.5 Å². The van der Waals surface area contributed by atoms with Crippen LogP contribution in [0.4, 0.5) is 0 Å². The topological polar surface area (TPSA) is 102 Å². The van der Waals surface area contributed by atoms with Crippen LogP contribution in [0.25, 0.3) is 0 Å². The summed E-state index contributed by atoms with van der Waals surface area (Å²) in [5.74, 6) is -0.203. The van der Waals surface area contributed by atoms with Gasteiger partial charge in [-0.1, -0.05) is 66.7 Å². The Morgan fingerprint density at radius 3 is 2.33 bits per heavy atom. The van der Waals surface area contributed by atoms with E-state index in [0.29, 0.717) is 42.7 Å². The van der Waals surface area contributed by atoms with Crippen molar-refractivity contribution in [3.8, 4) is 11.5 Å². The summed E-state index contributed by atoms with van der Waals surface area (Å²) in [5, 5.41) is 0. The van der Waals surface area contributed by atoms with Gasteiger partial charge in [-0.3, -0.25) is 14.5 Å². The van der Waals surface area contributed by atoms with Crippen LogP contribution in [0.3, 0.4) is 0 Å². The van der Waals surface area contributed by atoms with Gasteiger partial charge in [0.25, 0.3) is 0 Å². The van der Waals surface area contributed by atoms with Crippen molar-refractivity contribution < 1.29 is 32.2 Å². The number of carbonyl (C=O) groups excluding carboxylic acids is 2. The van der Waals surface area contributed by atoms with Crippen LogP contribution in [0.2, 0.25) is 0 Å². The van der Waals surface area contributed by atoms with Crippen molar-refractivity contribution in [2.75, 3.05) is 20.1 Å². The van der Waals surface area contributed by atoms with E-state index in [-0.39, 0.29) is 17.8 Å². The largest absolute Gasteiger partial charge is 0.483 e. The van der Waals surface area contributed by atoms with Gasteiger partial charge in [-0.25, -0.2) is 8.42 Å². The second-order valence-corrected chi connectivity index (χ2v) is 15.1. The average molecular weight is 645 g/mol. The Bertz CT molecular complexity index is 1770. The van der Waals surface area contributed by atoms with Gasteiger partial charge in [0.05, 0.1) is 23.3 Å². The van der Waals surface area contributed by atoms with Crippen molar-refractivity contribution >= 4 is 22.0 Å². The van der Waals surface area contributed by atoms with Gasteiger partial charge in [-0.15, -0.1) is 0 Å². The molecule has 2 fully saturated rings. The van der Waals surface area contributed by atoms with Crippen LogP contribution >= 0.6 is 0 Å². The van der Waals surface area contributed by atoms with Crippen molar-refractivity contribution in [3.05, 3.63) is 95.1 Å². The van der Waals surface area contributed by atoms with E-state index in [9.17, 15) is 18.0 Å². The Hall–Kier alpha value is -3.73.